The second-order valence-electron chi connectivity index (χ2n) is 6.46. The number of hydrogen-bond donors (Lipinski definition) is 2. The van der Waals surface area contributed by atoms with Gasteiger partial charge in [-0.1, -0.05) is 23.2 Å². The third-order valence-corrected chi connectivity index (χ3v) is 5.43. The second-order valence-corrected chi connectivity index (χ2v) is 7.30. The maximum Gasteiger partial charge on any atom is 0.317 e. The highest BCUT2D eigenvalue weighted by Crippen LogP contribution is 2.30. The first-order valence-corrected chi connectivity index (χ1v) is 8.89. The van der Waals surface area contributed by atoms with Gasteiger partial charge in [0.2, 0.25) is 0 Å². The Morgan fingerprint density at radius 2 is 2.17 bits per heavy atom. The number of urea groups is 1. The van der Waals surface area contributed by atoms with Gasteiger partial charge in [-0.3, -0.25) is 5.10 Å². The lowest BCUT2D eigenvalue weighted by Crippen LogP contribution is -2.48. The highest BCUT2D eigenvalue weighted by Gasteiger charge is 2.26. The normalized spacial score (nSPS) is 19.6. The lowest BCUT2D eigenvalue weighted by Gasteiger charge is -2.32. The van der Waals surface area contributed by atoms with Crippen molar-refractivity contribution in [2.24, 2.45) is 0 Å². The van der Waals surface area contributed by atoms with Crippen molar-refractivity contribution < 1.29 is 4.79 Å². The van der Waals surface area contributed by atoms with Crippen LogP contribution in [0.15, 0.2) is 18.3 Å². The molecule has 126 valence electrons. The molecule has 7 heteroatoms. The van der Waals surface area contributed by atoms with Crippen molar-refractivity contribution in [2.45, 2.75) is 38.3 Å². The standard InChI is InChI=1S/C17H18Cl2N4O/c18-12-5-11-9-23(4-3-14(11)15(19)7-12)17(24)21-13-1-2-16-10(6-13)8-20-22-16/h5,7-8,13H,1-4,6,9H2,(H,20,22)(H,21,24). The molecule has 0 radical (unpaired) electrons. The summed E-state index contributed by atoms with van der Waals surface area (Å²) in [6.45, 7) is 1.22. The first-order valence-electron chi connectivity index (χ1n) is 8.13. The molecule has 2 aromatic rings. The molecule has 1 unspecified atom stereocenters. The Hall–Kier alpha value is -1.72. The number of nitrogens with zero attached hydrogens (tertiary/aromatic N) is 2. The van der Waals surface area contributed by atoms with E-state index in [4.69, 9.17) is 23.2 Å². The summed E-state index contributed by atoms with van der Waals surface area (Å²) in [5.41, 5.74) is 4.53. The van der Waals surface area contributed by atoms with Gasteiger partial charge < -0.3 is 10.2 Å². The zero-order chi connectivity index (χ0) is 16.7. The van der Waals surface area contributed by atoms with Crippen LogP contribution in [-0.4, -0.2) is 33.7 Å². The smallest absolute Gasteiger partial charge is 0.317 e. The maximum absolute atomic E-state index is 12.6. The molecule has 2 amide bonds. The Morgan fingerprint density at radius 1 is 1.29 bits per heavy atom. The van der Waals surface area contributed by atoms with E-state index in [1.807, 2.05) is 17.2 Å². The number of carbonyl (C=O) groups excluding carboxylic acids is 1. The number of aromatic amines is 1. The third-order valence-electron chi connectivity index (χ3n) is 4.88. The number of amides is 2. The van der Waals surface area contributed by atoms with Gasteiger partial charge in [-0.05, 0) is 54.5 Å². The Bertz CT molecular complexity index is 789. The second kappa shape index (κ2) is 6.30. The first-order chi connectivity index (χ1) is 11.6. The zero-order valence-corrected chi connectivity index (χ0v) is 14.6. The van der Waals surface area contributed by atoms with Crippen molar-refractivity contribution in [3.8, 4) is 0 Å². The minimum atomic E-state index is -0.0197. The largest absolute Gasteiger partial charge is 0.335 e. The summed E-state index contributed by atoms with van der Waals surface area (Å²) < 4.78 is 0. The van der Waals surface area contributed by atoms with Gasteiger partial charge in [-0.25, -0.2) is 4.79 Å². The van der Waals surface area contributed by atoms with Crippen molar-refractivity contribution >= 4 is 29.2 Å². The number of hydrogen-bond acceptors (Lipinski definition) is 2. The zero-order valence-electron chi connectivity index (χ0n) is 13.1. The first kappa shape index (κ1) is 15.8. The fourth-order valence-electron chi connectivity index (χ4n) is 3.59. The lowest BCUT2D eigenvalue weighted by molar-refractivity contribution is 0.187. The molecule has 1 aromatic heterocycles. The monoisotopic (exact) mass is 364 g/mol. The number of carbonyl (C=O) groups is 1. The molecular weight excluding hydrogens is 347 g/mol. The molecule has 1 aliphatic heterocycles. The van der Waals surface area contributed by atoms with Gasteiger partial charge in [0.05, 0.1) is 6.20 Å². The summed E-state index contributed by atoms with van der Waals surface area (Å²) in [5, 5.41) is 11.6. The number of nitrogens with one attached hydrogen (secondary N) is 2. The van der Waals surface area contributed by atoms with E-state index in [-0.39, 0.29) is 12.1 Å². The van der Waals surface area contributed by atoms with Gasteiger partial charge in [0, 0.05) is 34.9 Å². The van der Waals surface area contributed by atoms with E-state index in [2.05, 4.69) is 15.5 Å². The van der Waals surface area contributed by atoms with Crippen molar-refractivity contribution in [2.75, 3.05) is 6.54 Å². The molecule has 0 fully saturated rings. The molecule has 0 bridgehead atoms. The quantitative estimate of drug-likeness (QED) is 0.814. The average molecular weight is 365 g/mol. The summed E-state index contributed by atoms with van der Waals surface area (Å²) in [7, 11) is 0. The minimum Gasteiger partial charge on any atom is -0.335 e. The summed E-state index contributed by atoms with van der Waals surface area (Å²) in [5.74, 6) is 0. The van der Waals surface area contributed by atoms with Gasteiger partial charge in [-0.15, -0.1) is 0 Å². The Labute approximate surface area is 150 Å². The van der Waals surface area contributed by atoms with Gasteiger partial charge in [0.25, 0.3) is 0 Å². The lowest BCUT2D eigenvalue weighted by atomic mass is 9.93. The minimum absolute atomic E-state index is 0.0197. The summed E-state index contributed by atoms with van der Waals surface area (Å²) >= 11 is 12.3. The van der Waals surface area contributed by atoms with Crippen LogP contribution in [0.2, 0.25) is 10.0 Å². The molecule has 24 heavy (non-hydrogen) atoms. The Morgan fingerprint density at radius 3 is 3.04 bits per heavy atom. The van der Waals surface area contributed by atoms with Crippen LogP contribution in [0.4, 0.5) is 4.79 Å². The number of fused-ring (bicyclic) bond motifs is 2. The van der Waals surface area contributed by atoms with Crippen LogP contribution in [0.5, 0.6) is 0 Å². The number of halogens is 2. The van der Waals surface area contributed by atoms with Crippen molar-refractivity contribution in [1.82, 2.24) is 20.4 Å². The molecule has 1 atom stereocenters. The van der Waals surface area contributed by atoms with E-state index in [9.17, 15) is 4.79 Å². The van der Waals surface area contributed by atoms with E-state index in [1.54, 1.807) is 6.07 Å². The highest BCUT2D eigenvalue weighted by molar-refractivity contribution is 6.35. The topological polar surface area (TPSA) is 61.0 Å². The number of rotatable bonds is 1. The molecule has 2 N–H and O–H groups in total. The van der Waals surface area contributed by atoms with Crippen LogP contribution in [0, 0.1) is 0 Å². The van der Waals surface area contributed by atoms with Gasteiger partial charge in [-0.2, -0.15) is 5.10 Å². The molecule has 5 nitrogen and oxygen atoms in total. The van der Waals surface area contributed by atoms with E-state index in [1.165, 1.54) is 11.3 Å². The molecule has 1 aromatic carbocycles. The molecule has 1 aliphatic carbocycles. The van der Waals surface area contributed by atoms with E-state index < -0.39 is 0 Å². The molecule has 0 spiro atoms. The van der Waals surface area contributed by atoms with Crippen LogP contribution >= 0.6 is 23.2 Å². The van der Waals surface area contributed by atoms with E-state index in [0.717, 1.165) is 36.8 Å². The van der Waals surface area contributed by atoms with Crippen LogP contribution in [0.3, 0.4) is 0 Å². The van der Waals surface area contributed by atoms with E-state index >= 15 is 0 Å². The number of aryl methyl sites for hydroxylation is 1. The summed E-state index contributed by atoms with van der Waals surface area (Å²) in [6, 6.07) is 3.81. The van der Waals surface area contributed by atoms with Crippen LogP contribution < -0.4 is 5.32 Å². The van der Waals surface area contributed by atoms with Crippen LogP contribution in [0.25, 0.3) is 0 Å². The SMILES string of the molecule is O=C(NC1CCc2[nH]ncc2C1)N1CCc2c(Cl)cc(Cl)cc2C1. The van der Waals surface area contributed by atoms with Crippen molar-refractivity contribution in [3.63, 3.8) is 0 Å². The Balaban J connectivity index is 1.43. The summed E-state index contributed by atoms with van der Waals surface area (Å²) in [4.78, 5) is 14.5. The summed E-state index contributed by atoms with van der Waals surface area (Å²) in [6.07, 6.45) is 5.31. The van der Waals surface area contributed by atoms with E-state index in [0.29, 0.717) is 23.1 Å². The van der Waals surface area contributed by atoms with Crippen LogP contribution in [0.1, 0.15) is 28.8 Å². The van der Waals surface area contributed by atoms with Crippen molar-refractivity contribution in [3.05, 3.63) is 50.8 Å². The van der Waals surface area contributed by atoms with Gasteiger partial charge >= 0.3 is 6.03 Å². The number of benzene rings is 1. The molecular formula is C17H18Cl2N4O. The third kappa shape index (κ3) is 2.98. The van der Waals surface area contributed by atoms with Gasteiger partial charge in [0.1, 0.15) is 0 Å². The molecule has 0 saturated heterocycles. The number of H-pyrrole nitrogens is 1. The predicted octanol–water partition coefficient (Wildman–Crippen LogP) is 3.34. The maximum atomic E-state index is 12.6. The fourth-order valence-corrected chi connectivity index (χ4v) is 4.22. The highest BCUT2D eigenvalue weighted by atomic mass is 35.5. The fraction of sp³-hybridized carbons (Fsp3) is 0.412. The Kier molecular flexibility index (Phi) is 4.14. The molecule has 2 aliphatic rings. The van der Waals surface area contributed by atoms with Crippen LogP contribution in [-0.2, 0) is 25.8 Å². The molecule has 2 heterocycles. The molecule has 4 rings (SSSR count). The average Bonchev–Trinajstić information content (AvgIpc) is 3.01. The van der Waals surface area contributed by atoms with Crippen molar-refractivity contribution in [1.29, 1.82) is 0 Å². The number of aromatic nitrogens is 2. The predicted molar refractivity (Wildman–Crippen MR) is 93.5 cm³/mol. The van der Waals surface area contributed by atoms with Gasteiger partial charge in [0.15, 0.2) is 0 Å². The molecule has 0 saturated carbocycles.